The molecular weight excluding hydrogens is 443 g/mol. The monoisotopic (exact) mass is 480 g/mol. The van der Waals surface area contributed by atoms with Crippen LogP contribution in [0.1, 0.15) is 83.1 Å². The largest absolute Gasteiger partial charge is 0.495 e. The third-order valence-electron chi connectivity index (χ3n) is 7.54. The number of carbonyl (C=O) groups is 1. The number of benzene rings is 2. The summed E-state index contributed by atoms with van der Waals surface area (Å²) in [5.74, 6) is 1.35. The molecule has 0 unspecified atom stereocenters. The fraction of sp³-hybridized carbons (Fsp3) is 0.536. The molecule has 2 heterocycles. The molecule has 2 aromatic carbocycles. The van der Waals surface area contributed by atoms with Crippen molar-refractivity contribution in [2.24, 2.45) is 0 Å². The lowest BCUT2D eigenvalue weighted by molar-refractivity contribution is -0.141. The standard InChI is InChI=1S/C26H31BO6.C2H6/c1-25(2)26(3,4)33-27(32-25)21-8-6-7-20-19(21)11-12-22(20)31-17-9-10-18-16(13-24(28)29-5)15-30-23(18)14-17;1-2/h6-10,14,16,22H,11-13,15H2,1-5H3;1-2H3/t16-,22-;/m1./s1. The third-order valence-corrected chi connectivity index (χ3v) is 7.54. The summed E-state index contributed by atoms with van der Waals surface area (Å²) in [5, 5.41) is 0. The third kappa shape index (κ3) is 4.81. The van der Waals surface area contributed by atoms with Crippen LogP contribution in [0.5, 0.6) is 11.5 Å². The van der Waals surface area contributed by atoms with E-state index >= 15 is 0 Å². The van der Waals surface area contributed by atoms with Gasteiger partial charge in [-0.3, -0.25) is 4.79 Å². The number of carbonyl (C=O) groups excluding carboxylic acids is 1. The highest BCUT2D eigenvalue weighted by Gasteiger charge is 2.52. The van der Waals surface area contributed by atoms with E-state index in [0.29, 0.717) is 13.0 Å². The molecule has 5 rings (SSSR count). The molecule has 2 aliphatic heterocycles. The average Bonchev–Trinajstić information content (AvgIpc) is 3.49. The number of fused-ring (bicyclic) bond motifs is 2. The maximum Gasteiger partial charge on any atom is 0.495 e. The van der Waals surface area contributed by atoms with Crippen molar-refractivity contribution in [1.82, 2.24) is 0 Å². The lowest BCUT2D eigenvalue weighted by atomic mass is 9.75. The molecule has 0 aromatic heterocycles. The first-order chi connectivity index (χ1) is 16.7. The van der Waals surface area contributed by atoms with Gasteiger partial charge in [0, 0.05) is 17.5 Å². The molecule has 2 atom stereocenters. The van der Waals surface area contributed by atoms with E-state index in [4.69, 9.17) is 23.5 Å². The van der Waals surface area contributed by atoms with Gasteiger partial charge in [-0.15, -0.1) is 0 Å². The topological polar surface area (TPSA) is 63.2 Å². The molecule has 0 saturated carbocycles. The molecule has 7 heteroatoms. The minimum Gasteiger partial charge on any atom is -0.492 e. The van der Waals surface area contributed by atoms with Crippen molar-refractivity contribution in [1.29, 1.82) is 0 Å². The van der Waals surface area contributed by atoms with Gasteiger partial charge >= 0.3 is 13.1 Å². The van der Waals surface area contributed by atoms with Gasteiger partial charge in [-0.1, -0.05) is 38.1 Å². The Balaban J connectivity index is 0.00000141. The van der Waals surface area contributed by atoms with Crippen LogP contribution in [0.15, 0.2) is 36.4 Å². The average molecular weight is 480 g/mol. The number of hydrogen-bond acceptors (Lipinski definition) is 6. The zero-order chi connectivity index (χ0) is 25.4. The molecular formula is C28H37BO6. The van der Waals surface area contributed by atoms with Gasteiger partial charge in [-0.05, 0) is 63.2 Å². The van der Waals surface area contributed by atoms with Crippen molar-refractivity contribution in [3.63, 3.8) is 0 Å². The van der Waals surface area contributed by atoms with Crippen molar-refractivity contribution in [3.8, 4) is 11.5 Å². The second-order valence-electron chi connectivity index (χ2n) is 10.1. The lowest BCUT2D eigenvalue weighted by Crippen LogP contribution is -2.41. The summed E-state index contributed by atoms with van der Waals surface area (Å²) in [4.78, 5) is 11.7. The molecule has 0 radical (unpaired) electrons. The van der Waals surface area contributed by atoms with E-state index in [1.54, 1.807) is 0 Å². The number of ether oxygens (including phenoxy) is 3. The van der Waals surface area contributed by atoms with Gasteiger partial charge in [-0.25, -0.2) is 0 Å². The predicted octanol–water partition coefficient (Wildman–Crippen LogP) is 5.12. The van der Waals surface area contributed by atoms with Crippen LogP contribution in [0.25, 0.3) is 0 Å². The highest BCUT2D eigenvalue weighted by atomic mass is 16.7. The number of rotatable bonds is 5. The summed E-state index contributed by atoms with van der Waals surface area (Å²) in [6.07, 6.45) is 2.10. The maximum atomic E-state index is 11.7. The molecule has 2 aromatic rings. The van der Waals surface area contributed by atoms with Crippen LogP contribution >= 0.6 is 0 Å². The van der Waals surface area contributed by atoms with E-state index in [2.05, 4.69) is 45.9 Å². The van der Waals surface area contributed by atoms with Gasteiger partial charge in [0.05, 0.1) is 31.3 Å². The summed E-state index contributed by atoms with van der Waals surface area (Å²) in [7, 11) is 1.04. The molecule has 0 spiro atoms. The molecule has 188 valence electrons. The lowest BCUT2D eigenvalue weighted by Gasteiger charge is -2.32. The van der Waals surface area contributed by atoms with Crippen molar-refractivity contribution >= 4 is 18.6 Å². The van der Waals surface area contributed by atoms with Crippen molar-refractivity contribution < 1.29 is 28.3 Å². The Bertz CT molecular complexity index is 1060. The molecule has 0 N–H and O–H groups in total. The van der Waals surface area contributed by atoms with E-state index in [9.17, 15) is 4.79 Å². The van der Waals surface area contributed by atoms with Gasteiger partial charge < -0.3 is 23.5 Å². The molecule has 0 amide bonds. The first-order valence-electron chi connectivity index (χ1n) is 12.7. The van der Waals surface area contributed by atoms with Gasteiger partial charge in [0.15, 0.2) is 0 Å². The summed E-state index contributed by atoms with van der Waals surface area (Å²) < 4.78 is 29.7. The van der Waals surface area contributed by atoms with E-state index < -0.39 is 0 Å². The molecule has 3 aliphatic rings. The van der Waals surface area contributed by atoms with Gasteiger partial charge in [0.25, 0.3) is 0 Å². The Morgan fingerprint density at radius 1 is 1.06 bits per heavy atom. The molecule has 1 aliphatic carbocycles. The maximum absolute atomic E-state index is 11.7. The summed E-state index contributed by atoms with van der Waals surface area (Å²) in [6, 6.07) is 12.2. The fourth-order valence-electron chi connectivity index (χ4n) is 4.91. The highest BCUT2D eigenvalue weighted by Crippen LogP contribution is 2.42. The van der Waals surface area contributed by atoms with Crippen LogP contribution in [-0.2, 0) is 25.3 Å². The normalized spacial score (nSPS) is 23.0. The predicted molar refractivity (Wildman–Crippen MR) is 137 cm³/mol. The Morgan fingerprint density at radius 3 is 2.46 bits per heavy atom. The van der Waals surface area contributed by atoms with Crippen molar-refractivity contribution in [3.05, 3.63) is 53.1 Å². The van der Waals surface area contributed by atoms with Gasteiger partial charge in [-0.2, -0.15) is 0 Å². The second-order valence-corrected chi connectivity index (χ2v) is 10.1. The first kappa shape index (κ1) is 25.6. The van der Waals surface area contributed by atoms with E-state index in [1.165, 1.54) is 18.2 Å². The van der Waals surface area contributed by atoms with E-state index in [1.807, 2.05) is 32.0 Å². The van der Waals surface area contributed by atoms with Gasteiger partial charge in [0.2, 0.25) is 0 Å². The van der Waals surface area contributed by atoms with Crippen molar-refractivity contribution in [2.75, 3.05) is 13.7 Å². The highest BCUT2D eigenvalue weighted by molar-refractivity contribution is 6.62. The Hall–Kier alpha value is -2.51. The first-order valence-corrected chi connectivity index (χ1v) is 12.7. The molecule has 35 heavy (non-hydrogen) atoms. The molecule has 1 fully saturated rings. The second kappa shape index (κ2) is 9.86. The SMILES string of the molecule is CC.COC(=O)C[C@@H]1COc2cc(O[C@@H]3CCc4c(B5OC(C)(C)C(C)(C)O5)cccc43)ccc21. The van der Waals surface area contributed by atoms with Crippen LogP contribution in [0.2, 0.25) is 0 Å². The fourth-order valence-corrected chi connectivity index (χ4v) is 4.91. The Kier molecular flexibility index (Phi) is 7.21. The van der Waals surface area contributed by atoms with Crippen LogP contribution in [0, 0.1) is 0 Å². The number of hydrogen-bond donors (Lipinski definition) is 0. The van der Waals surface area contributed by atoms with Crippen molar-refractivity contribution in [2.45, 2.75) is 84.0 Å². The molecule has 0 bridgehead atoms. The minimum atomic E-state index is -0.371. The van der Waals surface area contributed by atoms with Crippen LogP contribution in [-0.4, -0.2) is 38.0 Å². The van der Waals surface area contributed by atoms with E-state index in [0.717, 1.165) is 35.4 Å². The van der Waals surface area contributed by atoms with Crippen LogP contribution in [0.3, 0.4) is 0 Å². The van der Waals surface area contributed by atoms with E-state index in [-0.39, 0.29) is 36.3 Å². The van der Waals surface area contributed by atoms with Gasteiger partial charge in [0.1, 0.15) is 17.6 Å². The number of esters is 1. The summed E-state index contributed by atoms with van der Waals surface area (Å²) in [5.41, 5.74) is 3.84. The number of methoxy groups -OCH3 is 1. The minimum absolute atomic E-state index is 0.0242. The zero-order valence-electron chi connectivity index (χ0n) is 22.0. The summed E-state index contributed by atoms with van der Waals surface area (Å²) >= 11 is 0. The quantitative estimate of drug-likeness (QED) is 0.438. The molecule has 1 saturated heterocycles. The molecule has 6 nitrogen and oxygen atoms in total. The van der Waals surface area contributed by atoms with Crippen LogP contribution in [0.4, 0.5) is 0 Å². The Morgan fingerprint density at radius 2 is 1.77 bits per heavy atom. The summed E-state index contributed by atoms with van der Waals surface area (Å²) in [6.45, 7) is 12.8. The smallest absolute Gasteiger partial charge is 0.492 e. The zero-order valence-corrected chi connectivity index (χ0v) is 22.0. The van der Waals surface area contributed by atoms with Crippen LogP contribution < -0.4 is 14.9 Å². The Labute approximate surface area is 209 Å².